The fraction of sp³-hybridized carbons (Fsp3) is 0.300. The lowest BCUT2D eigenvalue weighted by Crippen LogP contribution is -2.41. The summed E-state index contributed by atoms with van der Waals surface area (Å²) in [5.41, 5.74) is 4.55. The summed E-state index contributed by atoms with van der Waals surface area (Å²) in [6.45, 7) is 0.175. The molecule has 0 heterocycles. The maximum atomic E-state index is 12.1. The number of ether oxygens (including phenoxy) is 1. The Balaban J connectivity index is 1.68. The predicted molar refractivity (Wildman–Crippen MR) is 103 cm³/mol. The highest BCUT2D eigenvalue weighted by Crippen LogP contribution is 2.44. The number of carbonyl (C=O) groups excluding carboxylic acids is 1. The van der Waals surface area contributed by atoms with Gasteiger partial charge in [-0.2, -0.15) is 11.8 Å². The first-order valence-electron chi connectivity index (χ1n) is 8.45. The molecule has 0 aromatic heterocycles. The third-order valence-electron chi connectivity index (χ3n) is 4.54. The smallest absolute Gasteiger partial charge is 0.407 e. The van der Waals surface area contributed by atoms with Crippen LogP contribution in [0.25, 0.3) is 11.1 Å². The molecule has 0 saturated heterocycles. The number of carboxylic acid groups (broad SMARTS) is 1. The van der Waals surface area contributed by atoms with E-state index in [1.54, 1.807) is 0 Å². The van der Waals surface area contributed by atoms with Crippen molar-refractivity contribution in [2.75, 3.05) is 18.6 Å². The van der Waals surface area contributed by atoms with Crippen LogP contribution in [0.3, 0.4) is 0 Å². The van der Waals surface area contributed by atoms with Gasteiger partial charge < -0.3 is 15.2 Å². The van der Waals surface area contributed by atoms with Crippen LogP contribution >= 0.6 is 11.8 Å². The summed E-state index contributed by atoms with van der Waals surface area (Å²) < 4.78 is 5.38. The van der Waals surface area contributed by atoms with E-state index in [1.165, 1.54) is 11.8 Å². The molecule has 2 aromatic carbocycles. The standard InChI is InChI=1S/C20H21NO4S/c1-26-11-10-18(19(22)23)21-20(24)25-12-17-15-8-4-2-6-13(15)14-7-3-5-9-16(14)17/h2-9,17-18H,10-12H2,1H3,(H,21,24)(H,22,23). The van der Waals surface area contributed by atoms with E-state index >= 15 is 0 Å². The average Bonchev–Trinajstić information content (AvgIpc) is 2.97. The Bertz CT molecular complexity index is 762. The summed E-state index contributed by atoms with van der Waals surface area (Å²) in [6, 6.07) is 15.2. The second-order valence-electron chi connectivity index (χ2n) is 6.14. The fourth-order valence-corrected chi connectivity index (χ4v) is 3.75. The molecular weight excluding hydrogens is 350 g/mol. The van der Waals surface area contributed by atoms with E-state index in [2.05, 4.69) is 17.4 Å². The van der Waals surface area contributed by atoms with Crippen molar-refractivity contribution in [2.45, 2.75) is 18.4 Å². The molecule has 1 atom stereocenters. The normalized spacial score (nSPS) is 13.6. The van der Waals surface area contributed by atoms with Crippen LogP contribution in [0.2, 0.25) is 0 Å². The molecule has 0 fully saturated rings. The second-order valence-corrected chi connectivity index (χ2v) is 7.13. The monoisotopic (exact) mass is 371 g/mol. The third kappa shape index (κ3) is 3.85. The van der Waals surface area contributed by atoms with E-state index < -0.39 is 18.1 Å². The number of benzene rings is 2. The van der Waals surface area contributed by atoms with Crippen molar-refractivity contribution in [2.24, 2.45) is 0 Å². The van der Waals surface area contributed by atoms with Gasteiger partial charge >= 0.3 is 12.1 Å². The number of nitrogens with one attached hydrogen (secondary N) is 1. The lowest BCUT2D eigenvalue weighted by Gasteiger charge is -2.17. The van der Waals surface area contributed by atoms with Crippen LogP contribution < -0.4 is 5.32 Å². The lowest BCUT2D eigenvalue weighted by atomic mass is 9.98. The molecule has 0 spiro atoms. The predicted octanol–water partition coefficient (Wildman–Crippen LogP) is 3.73. The Hall–Kier alpha value is -2.47. The van der Waals surface area contributed by atoms with E-state index in [4.69, 9.17) is 4.74 Å². The van der Waals surface area contributed by atoms with Crippen molar-refractivity contribution < 1.29 is 19.4 Å². The molecule has 1 amide bonds. The van der Waals surface area contributed by atoms with Gasteiger partial charge in [-0.05, 0) is 40.7 Å². The summed E-state index contributed by atoms with van der Waals surface area (Å²) in [5, 5.41) is 11.7. The maximum absolute atomic E-state index is 12.1. The topological polar surface area (TPSA) is 75.6 Å². The number of rotatable bonds is 7. The highest BCUT2D eigenvalue weighted by atomic mass is 32.2. The third-order valence-corrected chi connectivity index (χ3v) is 5.19. The molecule has 0 aliphatic heterocycles. The Morgan fingerprint density at radius 1 is 1.12 bits per heavy atom. The first-order valence-corrected chi connectivity index (χ1v) is 9.84. The molecule has 0 saturated carbocycles. The maximum Gasteiger partial charge on any atom is 0.407 e. The molecule has 5 nitrogen and oxygen atoms in total. The number of alkyl carbamates (subject to hydrolysis) is 1. The van der Waals surface area contributed by atoms with Crippen LogP contribution in [0.1, 0.15) is 23.5 Å². The molecule has 136 valence electrons. The molecule has 1 aliphatic rings. The number of thioether (sulfide) groups is 1. The highest BCUT2D eigenvalue weighted by Gasteiger charge is 2.29. The molecule has 1 aliphatic carbocycles. The Morgan fingerprint density at radius 3 is 2.23 bits per heavy atom. The van der Waals surface area contributed by atoms with Crippen molar-refractivity contribution in [1.82, 2.24) is 5.32 Å². The number of carboxylic acids is 1. The van der Waals surface area contributed by atoms with Crippen LogP contribution in [0.15, 0.2) is 48.5 Å². The van der Waals surface area contributed by atoms with Crippen LogP contribution in [-0.2, 0) is 9.53 Å². The van der Waals surface area contributed by atoms with Crippen molar-refractivity contribution in [3.63, 3.8) is 0 Å². The fourth-order valence-electron chi connectivity index (χ4n) is 3.28. The van der Waals surface area contributed by atoms with E-state index in [9.17, 15) is 14.7 Å². The molecule has 2 N–H and O–H groups in total. The van der Waals surface area contributed by atoms with E-state index in [-0.39, 0.29) is 12.5 Å². The van der Waals surface area contributed by atoms with Gasteiger partial charge in [-0.15, -0.1) is 0 Å². The van der Waals surface area contributed by atoms with Gasteiger partial charge in [-0.1, -0.05) is 48.5 Å². The van der Waals surface area contributed by atoms with Gasteiger partial charge in [0.2, 0.25) is 0 Å². The van der Waals surface area contributed by atoms with Gasteiger partial charge in [0.05, 0.1) is 0 Å². The Kier molecular flexibility index (Phi) is 5.83. The minimum absolute atomic E-state index is 0.0392. The van der Waals surface area contributed by atoms with Crippen molar-refractivity contribution >= 4 is 23.8 Å². The van der Waals surface area contributed by atoms with Gasteiger partial charge in [0, 0.05) is 5.92 Å². The number of carbonyl (C=O) groups is 2. The molecule has 3 rings (SSSR count). The quantitative estimate of drug-likeness (QED) is 0.776. The average molecular weight is 371 g/mol. The first-order chi connectivity index (χ1) is 12.6. The van der Waals surface area contributed by atoms with Crippen molar-refractivity contribution in [1.29, 1.82) is 0 Å². The van der Waals surface area contributed by atoms with Gasteiger partial charge in [0.15, 0.2) is 0 Å². The van der Waals surface area contributed by atoms with E-state index in [1.807, 2.05) is 42.7 Å². The summed E-state index contributed by atoms with van der Waals surface area (Å²) >= 11 is 1.54. The highest BCUT2D eigenvalue weighted by molar-refractivity contribution is 7.98. The molecule has 6 heteroatoms. The SMILES string of the molecule is CSCCC(NC(=O)OCC1c2ccccc2-c2ccccc21)C(=O)O. The van der Waals surface area contributed by atoms with E-state index in [0.29, 0.717) is 12.2 Å². The molecule has 2 aromatic rings. The number of hydrogen-bond acceptors (Lipinski definition) is 4. The van der Waals surface area contributed by atoms with Crippen LogP contribution in [0.4, 0.5) is 4.79 Å². The molecule has 0 radical (unpaired) electrons. The largest absolute Gasteiger partial charge is 0.480 e. The molecule has 0 bridgehead atoms. The molecule has 26 heavy (non-hydrogen) atoms. The van der Waals surface area contributed by atoms with Crippen molar-refractivity contribution in [3.05, 3.63) is 59.7 Å². The first kappa shape index (κ1) is 18.3. The van der Waals surface area contributed by atoms with Gasteiger partial charge in [0.1, 0.15) is 12.6 Å². The number of hydrogen-bond donors (Lipinski definition) is 2. The minimum Gasteiger partial charge on any atom is -0.480 e. The van der Waals surface area contributed by atoms with Gasteiger partial charge in [-0.25, -0.2) is 9.59 Å². The Morgan fingerprint density at radius 2 is 1.69 bits per heavy atom. The molecule has 1 unspecified atom stereocenters. The molecular formula is C20H21NO4S. The number of aliphatic carboxylic acids is 1. The zero-order valence-electron chi connectivity index (χ0n) is 14.5. The number of amides is 1. The van der Waals surface area contributed by atoms with Crippen LogP contribution in [-0.4, -0.2) is 41.8 Å². The van der Waals surface area contributed by atoms with Crippen molar-refractivity contribution in [3.8, 4) is 11.1 Å². The summed E-state index contributed by atoms with van der Waals surface area (Å²) in [6.07, 6.45) is 1.56. The lowest BCUT2D eigenvalue weighted by molar-refractivity contribution is -0.139. The summed E-state index contributed by atoms with van der Waals surface area (Å²) in [4.78, 5) is 23.3. The summed E-state index contributed by atoms with van der Waals surface area (Å²) in [7, 11) is 0. The Labute approximate surface area is 156 Å². The summed E-state index contributed by atoms with van der Waals surface area (Å²) in [5.74, 6) is -0.434. The zero-order valence-corrected chi connectivity index (χ0v) is 15.3. The van der Waals surface area contributed by atoms with Gasteiger partial charge in [-0.3, -0.25) is 0 Å². The van der Waals surface area contributed by atoms with Crippen LogP contribution in [0, 0.1) is 0 Å². The van der Waals surface area contributed by atoms with E-state index in [0.717, 1.165) is 22.3 Å². The minimum atomic E-state index is -1.05. The van der Waals surface area contributed by atoms with Crippen LogP contribution in [0.5, 0.6) is 0 Å². The second kappa shape index (κ2) is 8.27. The number of fused-ring (bicyclic) bond motifs is 3. The van der Waals surface area contributed by atoms with Gasteiger partial charge in [0.25, 0.3) is 0 Å². The zero-order chi connectivity index (χ0) is 18.5.